The third-order valence-electron chi connectivity index (χ3n) is 2.74. The van der Waals surface area contributed by atoms with E-state index in [9.17, 15) is 0 Å². The van der Waals surface area contributed by atoms with Crippen LogP contribution < -0.4 is 10.6 Å². The van der Waals surface area contributed by atoms with Gasteiger partial charge >= 0.3 is 0 Å². The first kappa shape index (κ1) is 11.7. The molecule has 17 heavy (non-hydrogen) atoms. The van der Waals surface area contributed by atoms with E-state index < -0.39 is 0 Å². The zero-order valence-corrected chi connectivity index (χ0v) is 10.6. The minimum atomic E-state index is 0.403. The second-order valence-corrected chi connectivity index (χ2v) is 4.22. The maximum Gasteiger partial charge on any atom is 0.180 e. The molecule has 2 heterocycles. The van der Waals surface area contributed by atoms with Gasteiger partial charge < -0.3 is 15.0 Å². The molecular weight excluding hydrogens is 214 g/mol. The monoisotopic (exact) mass is 233 g/mol. The van der Waals surface area contributed by atoms with Crippen molar-refractivity contribution in [2.75, 3.05) is 17.7 Å². The van der Waals surface area contributed by atoms with Gasteiger partial charge in [0.05, 0.1) is 6.20 Å². The molecule has 0 radical (unpaired) electrons. The summed E-state index contributed by atoms with van der Waals surface area (Å²) < 4.78 is 1.97. The average molecular weight is 233 g/mol. The van der Waals surface area contributed by atoms with Crippen molar-refractivity contribution >= 4 is 17.3 Å². The van der Waals surface area contributed by atoms with Crippen LogP contribution in [0.4, 0.5) is 11.6 Å². The van der Waals surface area contributed by atoms with Crippen molar-refractivity contribution in [3.05, 3.63) is 18.6 Å². The van der Waals surface area contributed by atoms with Crippen LogP contribution in [-0.2, 0) is 0 Å². The third-order valence-corrected chi connectivity index (χ3v) is 2.74. The van der Waals surface area contributed by atoms with Crippen molar-refractivity contribution < 1.29 is 0 Å². The Kier molecular flexibility index (Phi) is 3.46. The van der Waals surface area contributed by atoms with Crippen LogP contribution in [0.2, 0.25) is 0 Å². The lowest BCUT2D eigenvalue weighted by Crippen LogP contribution is -2.17. The molecule has 0 aliphatic carbocycles. The highest BCUT2D eigenvalue weighted by atomic mass is 15.1. The summed E-state index contributed by atoms with van der Waals surface area (Å²) in [4.78, 5) is 8.83. The molecule has 0 bridgehead atoms. The molecule has 0 spiro atoms. The van der Waals surface area contributed by atoms with Crippen molar-refractivity contribution in [1.82, 2.24) is 14.4 Å². The second kappa shape index (κ2) is 5.03. The van der Waals surface area contributed by atoms with E-state index in [4.69, 9.17) is 0 Å². The molecule has 5 heteroatoms. The summed E-state index contributed by atoms with van der Waals surface area (Å²) >= 11 is 0. The summed E-state index contributed by atoms with van der Waals surface area (Å²) in [6.07, 6.45) is 7.92. The molecule has 5 nitrogen and oxygen atoms in total. The molecule has 0 fully saturated rings. The Balaban J connectivity index is 2.33. The molecule has 2 aromatic rings. The van der Waals surface area contributed by atoms with Gasteiger partial charge in [0, 0.05) is 25.5 Å². The Morgan fingerprint density at radius 3 is 3.00 bits per heavy atom. The molecule has 0 amide bonds. The fourth-order valence-electron chi connectivity index (χ4n) is 1.89. The zero-order chi connectivity index (χ0) is 12.3. The number of imidazole rings is 1. The summed E-state index contributed by atoms with van der Waals surface area (Å²) in [5.41, 5.74) is 0.868. The van der Waals surface area contributed by atoms with Gasteiger partial charge in [0.25, 0.3) is 0 Å². The van der Waals surface area contributed by atoms with Crippen LogP contribution in [0.15, 0.2) is 18.6 Å². The van der Waals surface area contributed by atoms with Gasteiger partial charge in [-0.15, -0.1) is 0 Å². The Hall–Kier alpha value is -1.78. The third kappa shape index (κ3) is 2.49. The van der Waals surface area contributed by atoms with E-state index in [0.29, 0.717) is 6.04 Å². The normalized spacial score (nSPS) is 12.6. The van der Waals surface area contributed by atoms with Gasteiger partial charge in [0.15, 0.2) is 11.5 Å². The van der Waals surface area contributed by atoms with Crippen LogP contribution in [0.25, 0.3) is 5.65 Å². The molecule has 1 atom stereocenters. The van der Waals surface area contributed by atoms with Gasteiger partial charge in [-0.25, -0.2) is 9.97 Å². The molecule has 92 valence electrons. The lowest BCUT2D eigenvalue weighted by Gasteiger charge is -2.15. The quantitative estimate of drug-likeness (QED) is 0.832. The van der Waals surface area contributed by atoms with Gasteiger partial charge in [0.2, 0.25) is 0 Å². The standard InChI is InChI=1S/C12H19N5/c1-4-5-9(2)15-11-12-14-6-7-17(12)8-10(13-3)16-11/h6-9,13H,4-5H2,1-3H3,(H,15,16). The molecule has 2 aromatic heterocycles. The summed E-state index contributed by atoms with van der Waals surface area (Å²) in [7, 11) is 1.87. The molecule has 2 N–H and O–H groups in total. The van der Waals surface area contributed by atoms with E-state index in [0.717, 1.165) is 30.1 Å². The topological polar surface area (TPSA) is 54.2 Å². The lowest BCUT2D eigenvalue weighted by atomic mass is 10.2. The Morgan fingerprint density at radius 1 is 1.47 bits per heavy atom. The van der Waals surface area contributed by atoms with E-state index in [-0.39, 0.29) is 0 Å². The number of rotatable bonds is 5. The second-order valence-electron chi connectivity index (χ2n) is 4.22. The fraction of sp³-hybridized carbons (Fsp3) is 0.500. The molecule has 0 aliphatic rings. The SMILES string of the molecule is CCCC(C)Nc1nc(NC)cn2ccnc12. The number of hydrogen-bond acceptors (Lipinski definition) is 4. The number of nitrogens with zero attached hydrogens (tertiary/aromatic N) is 3. The first-order chi connectivity index (χ1) is 8.24. The highest BCUT2D eigenvalue weighted by Crippen LogP contribution is 2.17. The minimum Gasteiger partial charge on any atom is -0.372 e. The largest absolute Gasteiger partial charge is 0.372 e. The summed E-state index contributed by atoms with van der Waals surface area (Å²) in [5.74, 6) is 1.67. The van der Waals surface area contributed by atoms with E-state index in [1.807, 2.05) is 23.8 Å². The predicted octanol–water partition coefficient (Wildman–Crippen LogP) is 2.37. The van der Waals surface area contributed by atoms with E-state index in [1.54, 1.807) is 6.20 Å². The Labute approximate surface area is 101 Å². The Bertz CT molecular complexity index is 491. The molecule has 0 aromatic carbocycles. The van der Waals surface area contributed by atoms with Gasteiger partial charge in [-0.05, 0) is 13.3 Å². The number of aromatic nitrogens is 3. The molecule has 0 saturated heterocycles. The van der Waals surface area contributed by atoms with Crippen LogP contribution in [-0.4, -0.2) is 27.5 Å². The molecule has 0 saturated carbocycles. The maximum absolute atomic E-state index is 4.51. The van der Waals surface area contributed by atoms with Crippen molar-refractivity contribution in [3.63, 3.8) is 0 Å². The van der Waals surface area contributed by atoms with Crippen LogP contribution in [0.3, 0.4) is 0 Å². The van der Waals surface area contributed by atoms with Gasteiger partial charge in [0.1, 0.15) is 5.82 Å². The zero-order valence-electron chi connectivity index (χ0n) is 10.6. The summed E-state index contributed by atoms with van der Waals surface area (Å²) in [6.45, 7) is 4.34. The van der Waals surface area contributed by atoms with E-state index in [2.05, 4.69) is 34.4 Å². The summed E-state index contributed by atoms with van der Waals surface area (Å²) in [5, 5.41) is 6.47. The number of nitrogens with one attached hydrogen (secondary N) is 2. The van der Waals surface area contributed by atoms with Crippen LogP contribution in [0.5, 0.6) is 0 Å². The maximum atomic E-state index is 4.51. The van der Waals surface area contributed by atoms with E-state index >= 15 is 0 Å². The van der Waals surface area contributed by atoms with Crippen LogP contribution in [0.1, 0.15) is 26.7 Å². The smallest absolute Gasteiger partial charge is 0.180 e. The van der Waals surface area contributed by atoms with Crippen molar-refractivity contribution in [1.29, 1.82) is 0 Å². The Morgan fingerprint density at radius 2 is 2.29 bits per heavy atom. The van der Waals surface area contributed by atoms with Gasteiger partial charge in [-0.3, -0.25) is 0 Å². The molecule has 0 aliphatic heterocycles. The number of hydrogen-bond donors (Lipinski definition) is 2. The first-order valence-electron chi connectivity index (χ1n) is 6.02. The van der Waals surface area contributed by atoms with Crippen molar-refractivity contribution in [2.24, 2.45) is 0 Å². The average Bonchev–Trinajstić information content (AvgIpc) is 2.77. The van der Waals surface area contributed by atoms with Crippen LogP contribution >= 0.6 is 0 Å². The number of anilines is 2. The van der Waals surface area contributed by atoms with Crippen LogP contribution in [0, 0.1) is 0 Å². The molecule has 2 rings (SSSR count). The highest BCUT2D eigenvalue weighted by molar-refractivity contribution is 5.65. The van der Waals surface area contributed by atoms with Gasteiger partial charge in [-0.1, -0.05) is 13.3 Å². The highest BCUT2D eigenvalue weighted by Gasteiger charge is 2.09. The van der Waals surface area contributed by atoms with Crippen molar-refractivity contribution in [2.45, 2.75) is 32.7 Å². The lowest BCUT2D eigenvalue weighted by molar-refractivity contribution is 0.687. The molecular formula is C12H19N5. The van der Waals surface area contributed by atoms with E-state index in [1.165, 1.54) is 0 Å². The predicted molar refractivity (Wildman–Crippen MR) is 70.5 cm³/mol. The van der Waals surface area contributed by atoms with Crippen molar-refractivity contribution in [3.8, 4) is 0 Å². The fourth-order valence-corrected chi connectivity index (χ4v) is 1.89. The molecule has 1 unspecified atom stereocenters. The first-order valence-corrected chi connectivity index (χ1v) is 6.02. The van der Waals surface area contributed by atoms with Gasteiger partial charge in [-0.2, -0.15) is 0 Å². The number of fused-ring (bicyclic) bond motifs is 1. The summed E-state index contributed by atoms with van der Waals surface area (Å²) in [6, 6.07) is 0.403. The minimum absolute atomic E-state index is 0.403.